The predicted octanol–water partition coefficient (Wildman–Crippen LogP) is 3.86. The molecule has 3 heterocycles. The fourth-order valence-electron chi connectivity index (χ4n) is 3.64. The maximum absolute atomic E-state index is 12.8. The van der Waals surface area contributed by atoms with E-state index in [1.54, 1.807) is 6.07 Å². The van der Waals surface area contributed by atoms with Crippen LogP contribution in [0.4, 0.5) is 0 Å². The second-order valence-electron chi connectivity index (χ2n) is 7.34. The Kier molecular flexibility index (Phi) is 3.86. The fourth-order valence-corrected chi connectivity index (χ4v) is 3.64. The molecule has 4 rings (SSSR count). The monoisotopic (exact) mass is 337 g/mol. The van der Waals surface area contributed by atoms with Crippen molar-refractivity contribution in [1.82, 2.24) is 15.0 Å². The topological polar surface area (TPSA) is 62.1 Å². The Hall–Kier alpha value is -2.56. The van der Waals surface area contributed by atoms with E-state index in [1.165, 1.54) is 27.7 Å². The number of nitrogens with zero attached hydrogens (tertiary/aromatic N) is 2. The molecule has 1 aliphatic rings. The van der Waals surface area contributed by atoms with E-state index >= 15 is 0 Å². The maximum Gasteiger partial charge on any atom is 0.292 e. The van der Waals surface area contributed by atoms with Gasteiger partial charge in [0.15, 0.2) is 0 Å². The van der Waals surface area contributed by atoms with Gasteiger partial charge in [-0.3, -0.25) is 4.79 Å². The van der Waals surface area contributed by atoms with Crippen LogP contribution in [0.3, 0.4) is 0 Å². The molecule has 0 unspecified atom stereocenters. The molecular weight excluding hydrogens is 314 g/mol. The minimum absolute atomic E-state index is 0.0739. The van der Waals surface area contributed by atoms with Crippen LogP contribution in [0.2, 0.25) is 0 Å². The molecule has 1 aliphatic heterocycles. The molecule has 3 aromatic rings. The summed E-state index contributed by atoms with van der Waals surface area (Å²) in [5, 5.41) is 5.25. The zero-order valence-electron chi connectivity index (χ0n) is 14.9. The summed E-state index contributed by atoms with van der Waals surface area (Å²) in [6.45, 7) is 7.66. The number of nitrogens with one attached hydrogen (secondary N) is 1. The molecular formula is C20H23N3O2. The van der Waals surface area contributed by atoms with Gasteiger partial charge in [-0.15, -0.1) is 0 Å². The molecule has 5 heteroatoms. The number of rotatable bonds is 3. The Morgan fingerprint density at radius 2 is 2.24 bits per heavy atom. The molecule has 1 N–H and O–H groups in total. The highest BCUT2D eigenvalue weighted by molar-refractivity contribution is 5.93. The highest BCUT2D eigenvalue weighted by atomic mass is 16.5. The van der Waals surface area contributed by atoms with Crippen molar-refractivity contribution in [2.24, 2.45) is 5.92 Å². The summed E-state index contributed by atoms with van der Waals surface area (Å²) in [5.41, 5.74) is 5.73. The molecule has 5 nitrogen and oxygen atoms in total. The number of hydrogen-bond donors (Lipinski definition) is 1. The van der Waals surface area contributed by atoms with Gasteiger partial charge in [0, 0.05) is 47.7 Å². The van der Waals surface area contributed by atoms with Gasteiger partial charge in [-0.2, -0.15) is 0 Å². The lowest BCUT2D eigenvalue weighted by Crippen LogP contribution is -2.35. The van der Waals surface area contributed by atoms with Crippen molar-refractivity contribution in [2.75, 3.05) is 6.54 Å². The van der Waals surface area contributed by atoms with E-state index in [1.807, 2.05) is 4.90 Å². The zero-order valence-corrected chi connectivity index (χ0v) is 14.9. The number of aromatic nitrogens is 2. The Labute approximate surface area is 147 Å². The summed E-state index contributed by atoms with van der Waals surface area (Å²) in [6.07, 6.45) is 1.66. The van der Waals surface area contributed by atoms with Gasteiger partial charge in [-0.1, -0.05) is 37.2 Å². The van der Waals surface area contributed by atoms with Crippen LogP contribution in [0.15, 0.2) is 28.8 Å². The number of fused-ring (bicyclic) bond motifs is 3. The number of amides is 1. The van der Waals surface area contributed by atoms with E-state index in [-0.39, 0.29) is 5.91 Å². The van der Waals surface area contributed by atoms with Gasteiger partial charge in [0.25, 0.3) is 5.91 Å². The van der Waals surface area contributed by atoms with Gasteiger partial charge >= 0.3 is 0 Å². The first-order valence-corrected chi connectivity index (χ1v) is 8.87. The summed E-state index contributed by atoms with van der Waals surface area (Å²) in [6, 6.07) is 8.09. The van der Waals surface area contributed by atoms with Crippen molar-refractivity contribution < 1.29 is 9.32 Å². The molecule has 1 aromatic carbocycles. The molecule has 0 spiro atoms. The maximum atomic E-state index is 12.8. The highest BCUT2D eigenvalue weighted by Gasteiger charge is 2.27. The van der Waals surface area contributed by atoms with Crippen molar-refractivity contribution >= 4 is 16.8 Å². The van der Waals surface area contributed by atoms with Crippen molar-refractivity contribution in [3.05, 3.63) is 52.5 Å². The first kappa shape index (κ1) is 15.9. The molecule has 130 valence electrons. The van der Waals surface area contributed by atoms with Crippen LogP contribution in [-0.2, 0) is 19.4 Å². The lowest BCUT2D eigenvalue weighted by atomic mass is 10.0. The molecule has 25 heavy (non-hydrogen) atoms. The second kappa shape index (κ2) is 6.06. The Morgan fingerprint density at radius 1 is 1.40 bits per heavy atom. The highest BCUT2D eigenvalue weighted by Crippen LogP contribution is 2.30. The standard InChI is InChI=1S/C20H23N3O2/c1-12(2)9-14-10-18(25-22-14)20(24)23-8-7-17-16(11-23)15-6-4-5-13(3)19(15)21-17/h4-6,10,12,21H,7-9,11H2,1-3H3. The Bertz CT molecular complexity index is 936. The van der Waals surface area contributed by atoms with Crippen LogP contribution < -0.4 is 0 Å². The van der Waals surface area contributed by atoms with Gasteiger partial charge in [-0.05, 0) is 24.8 Å². The van der Waals surface area contributed by atoms with E-state index in [0.717, 1.165) is 18.5 Å². The quantitative estimate of drug-likeness (QED) is 0.789. The van der Waals surface area contributed by atoms with Crippen molar-refractivity contribution in [2.45, 2.75) is 40.2 Å². The van der Waals surface area contributed by atoms with Gasteiger partial charge in [0.2, 0.25) is 5.76 Å². The molecule has 0 fully saturated rings. The third-order valence-electron chi connectivity index (χ3n) is 4.89. The lowest BCUT2D eigenvalue weighted by Gasteiger charge is -2.26. The summed E-state index contributed by atoms with van der Waals surface area (Å²) in [7, 11) is 0. The van der Waals surface area contributed by atoms with Crippen LogP contribution in [0.1, 0.15) is 46.9 Å². The zero-order chi connectivity index (χ0) is 17.6. The van der Waals surface area contributed by atoms with Crippen LogP contribution in [0.25, 0.3) is 10.9 Å². The van der Waals surface area contributed by atoms with E-state index in [4.69, 9.17) is 4.52 Å². The minimum atomic E-state index is -0.0739. The number of para-hydroxylation sites is 1. The third-order valence-corrected chi connectivity index (χ3v) is 4.89. The predicted molar refractivity (Wildman–Crippen MR) is 96.5 cm³/mol. The average Bonchev–Trinajstić information content (AvgIpc) is 3.18. The second-order valence-corrected chi connectivity index (χ2v) is 7.34. The van der Waals surface area contributed by atoms with E-state index in [9.17, 15) is 4.79 Å². The van der Waals surface area contributed by atoms with Gasteiger partial charge in [-0.25, -0.2) is 0 Å². The van der Waals surface area contributed by atoms with E-state index in [2.05, 4.69) is 49.1 Å². The number of hydrogen-bond acceptors (Lipinski definition) is 3. The molecule has 1 amide bonds. The first-order chi connectivity index (χ1) is 12.0. The lowest BCUT2D eigenvalue weighted by molar-refractivity contribution is 0.0692. The number of carbonyl (C=O) groups excluding carboxylic acids is 1. The Morgan fingerprint density at radius 3 is 3.04 bits per heavy atom. The number of aromatic amines is 1. The number of carbonyl (C=O) groups is 1. The number of benzene rings is 1. The SMILES string of the molecule is Cc1cccc2c3c([nH]c12)CCN(C(=O)c1cc(CC(C)C)no1)C3. The van der Waals surface area contributed by atoms with Crippen molar-refractivity contribution in [3.63, 3.8) is 0 Å². The molecule has 0 bridgehead atoms. The molecule has 0 saturated heterocycles. The normalized spacial score (nSPS) is 14.3. The van der Waals surface area contributed by atoms with E-state index < -0.39 is 0 Å². The van der Waals surface area contributed by atoms with Gasteiger partial charge in [0.05, 0.1) is 5.69 Å². The van der Waals surface area contributed by atoms with Crippen LogP contribution in [0, 0.1) is 12.8 Å². The number of aryl methyl sites for hydroxylation is 1. The molecule has 0 radical (unpaired) electrons. The van der Waals surface area contributed by atoms with Gasteiger partial charge < -0.3 is 14.4 Å². The van der Waals surface area contributed by atoms with Crippen molar-refractivity contribution in [1.29, 1.82) is 0 Å². The molecule has 2 aromatic heterocycles. The first-order valence-electron chi connectivity index (χ1n) is 8.87. The summed E-state index contributed by atoms with van der Waals surface area (Å²) < 4.78 is 5.31. The van der Waals surface area contributed by atoms with Crippen LogP contribution in [-0.4, -0.2) is 27.5 Å². The number of H-pyrrole nitrogens is 1. The fraction of sp³-hybridized carbons (Fsp3) is 0.400. The summed E-state index contributed by atoms with van der Waals surface area (Å²) in [5.74, 6) is 0.755. The summed E-state index contributed by atoms with van der Waals surface area (Å²) in [4.78, 5) is 18.2. The minimum Gasteiger partial charge on any atom is -0.358 e. The van der Waals surface area contributed by atoms with E-state index in [0.29, 0.717) is 24.8 Å². The van der Waals surface area contributed by atoms with Crippen LogP contribution in [0.5, 0.6) is 0 Å². The summed E-state index contributed by atoms with van der Waals surface area (Å²) >= 11 is 0. The average molecular weight is 337 g/mol. The molecule has 0 aliphatic carbocycles. The molecule has 0 saturated carbocycles. The van der Waals surface area contributed by atoms with Crippen LogP contribution >= 0.6 is 0 Å². The molecule has 0 atom stereocenters. The largest absolute Gasteiger partial charge is 0.358 e. The smallest absolute Gasteiger partial charge is 0.292 e. The van der Waals surface area contributed by atoms with Crippen molar-refractivity contribution in [3.8, 4) is 0 Å². The van der Waals surface area contributed by atoms with Gasteiger partial charge in [0.1, 0.15) is 0 Å². The Balaban J connectivity index is 1.59. The third kappa shape index (κ3) is 2.84.